The predicted molar refractivity (Wildman–Crippen MR) is 104 cm³/mol. The highest BCUT2D eigenvalue weighted by Crippen LogP contribution is 2.15. The SMILES string of the molecule is CCOCCOC(=O)c1cccc(NC(=O)C=Cc2cccc([N+](=O)[O-])c2)c1. The lowest BCUT2D eigenvalue weighted by molar-refractivity contribution is -0.384. The molecule has 2 rings (SSSR count). The molecule has 0 aliphatic carbocycles. The summed E-state index contributed by atoms with van der Waals surface area (Å²) in [5.41, 5.74) is 1.19. The van der Waals surface area contributed by atoms with Gasteiger partial charge in [0.25, 0.3) is 5.69 Å². The van der Waals surface area contributed by atoms with E-state index in [0.717, 1.165) is 0 Å². The van der Waals surface area contributed by atoms with Crippen LogP contribution < -0.4 is 5.32 Å². The first-order chi connectivity index (χ1) is 13.5. The molecule has 146 valence electrons. The summed E-state index contributed by atoms with van der Waals surface area (Å²) in [7, 11) is 0. The molecule has 0 saturated carbocycles. The van der Waals surface area contributed by atoms with Gasteiger partial charge in [0.15, 0.2) is 0 Å². The molecule has 8 nitrogen and oxygen atoms in total. The van der Waals surface area contributed by atoms with Crippen molar-refractivity contribution in [3.8, 4) is 0 Å². The van der Waals surface area contributed by atoms with E-state index >= 15 is 0 Å². The Morgan fingerprint density at radius 2 is 1.93 bits per heavy atom. The van der Waals surface area contributed by atoms with Crippen LogP contribution in [0.1, 0.15) is 22.8 Å². The smallest absolute Gasteiger partial charge is 0.338 e. The Bertz CT molecular complexity index is 879. The van der Waals surface area contributed by atoms with Gasteiger partial charge in [-0.15, -0.1) is 0 Å². The number of non-ortho nitro benzene ring substituents is 1. The van der Waals surface area contributed by atoms with Crippen LogP contribution in [0.3, 0.4) is 0 Å². The summed E-state index contributed by atoms with van der Waals surface area (Å²) in [6.07, 6.45) is 2.72. The zero-order chi connectivity index (χ0) is 20.4. The van der Waals surface area contributed by atoms with Gasteiger partial charge in [-0.25, -0.2) is 4.79 Å². The van der Waals surface area contributed by atoms with Gasteiger partial charge in [-0.05, 0) is 36.8 Å². The second-order valence-electron chi connectivity index (χ2n) is 5.59. The zero-order valence-corrected chi connectivity index (χ0v) is 15.3. The number of esters is 1. The third-order valence-electron chi connectivity index (χ3n) is 3.54. The summed E-state index contributed by atoms with van der Waals surface area (Å²) in [5.74, 6) is -0.948. The minimum Gasteiger partial charge on any atom is -0.460 e. The van der Waals surface area contributed by atoms with E-state index in [1.165, 1.54) is 36.4 Å². The highest BCUT2D eigenvalue weighted by Gasteiger charge is 2.09. The molecule has 0 saturated heterocycles. The number of rotatable bonds is 9. The second-order valence-corrected chi connectivity index (χ2v) is 5.59. The van der Waals surface area contributed by atoms with Crippen molar-refractivity contribution in [3.05, 3.63) is 75.8 Å². The molecule has 0 bridgehead atoms. The summed E-state index contributed by atoms with van der Waals surface area (Å²) >= 11 is 0. The lowest BCUT2D eigenvalue weighted by atomic mass is 10.2. The fourth-order valence-electron chi connectivity index (χ4n) is 2.24. The Morgan fingerprint density at radius 1 is 1.14 bits per heavy atom. The molecule has 0 atom stereocenters. The van der Waals surface area contributed by atoms with Gasteiger partial charge in [-0.3, -0.25) is 14.9 Å². The Labute approximate surface area is 161 Å². The molecule has 0 aliphatic rings. The standard InChI is InChI=1S/C20H20N2O6/c1-2-27-11-12-28-20(24)16-6-4-7-17(14-16)21-19(23)10-9-15-5-3-8-18(13-15)22(25)26/h3-10,13-14H,2,11-12H2,1H3,(H,21,23). The molecule has 0 heterocycles. The highest BCUT2D eigenvalue weighted by atomic mass is 16.6. The van der Waals surface area contributed by atoms with Gasteiger partial charge in [0, 0.05) is 30.5 Å². The van der Waals surface area contributed by atoms with Gasteiger partial charge in [0.1, 0.15) is 6.61 Å². The first-order valence-electron chi connectivity index (χ1n) is 8.58. The maximum absolute atomic E-state index is 12.1. The fourth-order valence-corrected chi connectivity index (χ4v) is 2.24. The number of amides is 1. The van der Waals surface area contributed by atoms with Gasteiger partial charge in [0.05, 0.1) is 17.1 Å². The van der Waals surface area contributed by atoms with Gasteiger partial charge >= 0.3 is 5.97 Å². The van der Waals surface area contributed by atoms with Crippen molar-refractivity contribution < 1.29 is 24.0 Å². The highest BCUT2D eigenvalue weighted by molar-refractivity contribution is 6.02. The number of hydrogen-bond donors (Lipinski definition) is 1. The second kappa shape index (κ2) is 10.6. The number of nitrogens with zero attached hydrogens (tertiary/aromatic N) is 1. The van der Waals surface area contributed by atoms with Gasteiger partial charge < -0.3 is 14.8 Å². The van der Waals surface area contributed by atoms with Crippen molar-refractivity contribution in [3.63, 3.8) is 0 Å². The minimum absolute atomic E-state index is 0.0573. The Kier molecular flexibility index (Phi) is 7.86. The summed E-state index contributed by atoms with van der Waals surface area (Å²) in [6, 6.07) is 12.3. The maximum Gasteiger partial charge on any atom is 0.338 e. The third-order valence-corrected chi connectivity index (χ3v) is 3.54. The van der Waals surface area contributed by atoms with Crippen LogP contribution in [0.15, 0.2) is 54.6 Å². The van der Waals surface area contributed by atoms with Crippen molar-refractivity contribution >= 4 is 29.3 Å². The number of carbonyl (C=O) groups excluding carboxylic acids is 2. The van der Waals surface area contributed by atoms with Crippen LogP contribution >= 0.6 is 0 Å². The number of nitro groups is 1. The van der Waals surface area contributed by atoms with Crippen LogP contribution in [0.2, 0.25) is 0 Å². The number of anilines is 1. The van der Waals surface area contributed by atoms with Crippen LogP contribution in [-0.2, 0) is 14.3 Å². The first kappa shape index (κ1) is 20.8. The number of hydrogen-bond acceptors (Lipinski definition) is 6. The van der Waals surface area contributed by atoms with E-state index in [-0.39, 0.29) is 12.3 Å². The number of ether oxygens (including phenoxy) is 2. The van der Waals surface area contributed by atoms with Crippen molar-refractivity contribution in [1.29, 1.82) is 0 Å². The van der Waals surface area contributed by atoms with E-state index in [2.05, 4.69) is 5.32 Å². The molecule has 8 heteroatoms. The summed E-state index contributed by atoms with van der Waals surface area (Å²) in [4.78, 5) is 34.3. The van der Waals surface area contributed by atoms with Crippen molar-refractivity contribution in [2.24, 2.45) is 0 Å². The normalized spacial score (nSPS) is 10.6. The topological polar surface area (TPSA) is 108 Å². The largest absolute Gasteiger partial charge is 0.460 e. The Hall–Kier alpha value is -3.52. The molecule has 0 aromatic heterocycles. The lowest BCUT2D eigenvalue weighted by Crippen LogP contribution is -2.12. The third kappa shape index (κ3) is 6.65. The van der Waals surface area contributed by atoms with Crippen LogP contribution in [0.25, 0.3) is 6.08 Å². The van der Waals surface area contributed by atoms with E-state index < -0.39 is 16.8 Å². The number of benzene rings is 2. The van der Waals surface area contributed by atoms with Crippen molar-refractivity contribution in [1.82, 2.24) is 0 Å². The molecule has 28 heavy (non-hydrogen) atoms. The van der Waals surface area contributed by atoms with Crippen LogP contribution in [0, 0.1) is 10.1 Å². The molecular weight excluding hydrogens is 364 g/mol. The fraction of sp³-hybridized carbons (Fsp3) is 0.200. The summed E-state index contributed by atoms with van der Waals surface area (Å²) in [6.45, 7) is 2.86. The minimum atomic E-state index is -0.511. The quantitative estimate of drug-likeness (QED) is 0.233. The predicted octanol–water partition coefficient (Wildman–Crippen LogP) is 3.44. The molecule has 0 radical (unpaired) electrons. The Morgan fingerprint density at radius 3 is 2.68 bits per heavy atom. The molecule has 0 spiro atoms. The molecule has 2 aromatic carbocycles. The Balaban J connectivity index is 1.95. The van der Waals surface area contributed by atoms with E-state index in [0.29, 0.717) is 30.0 Å². The van der Waals surface area contributed by atoms with Crippen molar-refractivity contribution in [2.45, 2.75) is 6.92 Å². The number of nitro benzene ring substituents is 1. The lowest BCUT2D eigenvalue weighted by Gasteiger charge is -2.07. The average Bonchev–Trinajstić information content (AvgIpc) is 2.70. The molecule has 0 aliphatic heterocycles. The van der Waals surface area contributed by atoms with E-state index in [9.17, 15) is 19.7 Å². The average molecular weight is 384 g/mol. The number of nitrogens with one attached hydrogen (secondary N) is 1. The molecule has 2 aromatic rings. The first-order valence-corrected chi connectivity index (χ1v) is 8.58. The van der Waals surface area contributed by atoms with Crippen LogP contribution in [0.4, 0.5) is 11.4 Å². The monoisotopic (exact) mass is 384 g/mol. The van der Waals surface area contributed by atoms with Crippen LogP contribution in [-0.4, -0.2) is 36.6 Å². The van der Waals surface area contributed by atoms with Crippen LogP contribution in [0.5, 0.6) is 0 Å². The van der Waals surface area contributed by atoms with Gasteiger partial charge in [-0.1, -0.05) is 18.2 Å². The summed E-state index contributed by atoms with van der Waals surface area (Å²) < 4.78 is 10.2. The molecule has 0 fully saturated rings. The van der Waals surface area contributed by atoms with E-state index in [1.807, 2.05) is 6.92 Å². The molecule has 1 N–H and O–H groups in total. The molecular formula is C20H20N2O6. The zero-order valence-electron chi connectivity index (χ0n) is 15.3. The molecule has 1 amide bonds. The van der Waals surface area contributed by atoms with Crippen molar-refractivity contribution in [2.75, 3.05) is 25.1 Å². The van der Waals surface area contributed by atoms with E-state index in [4.69, 9.17) is 9.47 Å². The van der Waals surface area contributed by atoms with Gasteiger partial charge in [0.2, 0.25) is 5.91 Å². The van der Waals surface area contributed by atoms with Gasteiger partial charge in [-0.2, -0.15) is 0 Å². The molecule has 0 unspecified atom stereocenters. The van der Waals surface area contributed by atoms with E-state index in [1.54, 1.807) is 24.3 Å². The number of carbonyl (C=O) groups is 2. The summed E-state index contributed by atoms with van der Waals surface area (Å²) in [5, 5.41) is 13.4. The maximum atomic E-state index is 12.1.